The molecule has 0 N–H and O–H groups in total. The van der Waals surface area contributed by atoms with E-state index < -0.39 is 0 Å². The molecule has 0 bridgehead atoms. The van der Waals surface area contributed by atoms with Crippen molar-refractivity contribution < 1.29 is 0 Å². The van der Waals surface area contributed by atoms with Crippen LogP contribution in [0.3, 0.4) is 0 Å². The third-order valence-corrected chi connectivity index (χ3v) is 4.72. The van der Waals surface area contributed by atoms with E-state index in [1.807, 2.05) is 0 Å². The monoisotopic (exact) mass is 244 g/mol. The fourth-order valence-corrected chi connectivity index (χ4v) is 3.59. The predicted octanol–water partition coefficient (Wildman–Crippen LogP) is 3.93. The van der Waals surface area contributed by atoms with Crippen LogP contribution in [0.1, 0.15) is 44.6 Å². The first-order valence-electron chi connectivity index (χ1n) is 7.30. The Morgan fingerprint density at radius 3 is 2.50 bits per heavy atom. The second kappa shape index (κ2) is 4.49. The van der Waals surface area contributed by atoms with E-state index in [-0.39, 0.29) is 0 Å². The zero-order valence-corrected chi connectivity index (χ0v) is 11.8. The summed E-state index contributed by atoms with van der Waals surface area (Å²) in [6, 6.07) is 7.62. The van der Waals surface area contributed by atoms with E-state index in [0.29, 0.717) is 6.17 Å². The van der Waals surface area contributed by atoms with Crippen LogP contribution in [-0.4, -0.2) is 19.3 Å². The summed E-state index contributed by atoms with van der Waals surface area (Å²) in [5.74, 6) is 0. The Balaban J connectivity index is 1.97. The molecule has 1 unspecified atom stereocenters. The lowest BCUT2D eigenvalue weighted by Gasteiger charge is -2.37. The molecule has 98 valence electrons. The second-order valence-corrected chi connectivity index (χ2v) is 5.93. The maximum absolute atomic E-state index is 2.67. The third-order valence-electron chi connectivity index (χ3n) is 4.72. The molecule has 1 saturated carbocycles. The summed E-state index contributed by atoms with van der Waals surface area (Å²) < 4.78 is 0. The average molecular weight is 244 g/mol. The van der Waals surface area contributed by atoms with Gasteiger partial charge in [0.1, 0.15) is 0 Å². The lowest BCUT2D eigenvalue weighted by Crippen LogP contribution is -2.45. The van der Waals surface area contributed by atoms with Crippen LogP contribution in [0.4, 0.5) is 11.4 Å². The van der Waals surface area contributed by atoms with Crippen LogP contribution in [-0.2, 0) is 0 Å². The van der Waals surface area contributed by atoms with Gasteiger partial charge in [0.15, 0.2) is 0 Å². The lowest BCUT2D eigenvalue weighted by molar-refractivity contribution is 0.399. The van der Waals surface area contributed by atoms with Crippen LogP contribution in [0.15, 0.2) is 18.2 Å². The number of anilines is 2. The number of nitrogens with zero attached hydrogens (tertiary/aromatic N) is 2. The lowest BCUT2D eigenvalue weighted by atomic mass is 9.93. The van der Waals surface area contributed by atoms with Gasteiger partial charge in [-0.1, -0.05) is 25.3 Å². The zero-order chi connectivity index (χ0) is 12.7. The first kappa shape index (κ1) is 11.9. The van der Waals surface area contributed by atoms with Gasteiger partial charge in [-0.3, -0.25) is 0 Å². The standard InChI is InChI=1S/C16H24N2/c1-12-9-10-15-16(11-12)18(13(2)17(15)3)14-7-5-4-6-8-14/h9-11,13-14H,4-8H2,1-3H3. The Morgan fingerprint density at radius 2 is 1.78 bits per heavy atom. The van der Waals surface area contributed by atoms with Gasteiger partial charge in [-0.25, -0.2) is 0 Å². The Morgan fingerprint density at radius 1 is 1.06 bits per heavy atom. The summed E-state index contributed by atoms with van der Waals surface area (Å²) in [6.07, 6.45) is 7.47. The van der Waals surface area contributed by atoms with Gasteiger partial charge >= 0.3 is 0 Å². The van der Waals surface area contributed by atoms with Gasteiger partial charge in [0.05, 0.1) is 17.5 Å². The molecule has 1 aromatic rings. The normalized spacial score (nSPS) is 24.5. The zero-order valence-electron chi connectivity index (χ0n) is 11.8. The molecule has 2 heteroatoms. The van der Waals surface area contributed by atoms with Crippen molar-refractivity contribution in [1.29, 1.82) is 0 Å². The van der Waals surface area contributed by atoms with Crippen molar-refractivity contribution in [2.45, 2.75) is 58.2 Å². The van der Waals surface area contributed by atoms with Gasteiger partial charge in [0.2, 0.25) is 0 Å². The molecule has 0 aromatic heterocycles. The average Bonchev–Trinajstić information content (AvgIpc) is 2.63. The van der Waals surface area contributed by atoms with E-state index in [0.717, 1.165) is 6.04 Å². The van der Waals surface area contributed by atoms with Crippen molar-refractivity contribution in [3.05, 3.63) is 23.8 Å². The molecule has 3 rings (SSSR count). The summed E-state index contributed by atoms with van der Waals surface area (Å²) in [5.41, 5.74) is 4.23. The molecule has 2 aliphatic rings. The number of hydrogen-bond acceptors (Lipinski definition) is 2. The molecule has 0 spiro atoms. The summed E-state index contributed by atoms with van der Waals surface area (Å²) in [4.78, 5) is 5.09. The van der Waals surface area contributed by atoms with Crippen LogP contribution in [0.2, 0.25) is 0 Å². The molecule has 1 aliphatic heterocycles. The minimum atomic E-state index is 0.505. The van der Waals surface area contributed by atoms with Crippen LogP contribution in [0.5, 0.6) is 0 Å². The summed E-state index contributed by atoms with van der Waals surface area (Å²) in [6.45, 7) is 4.53. The summed E-state index contributed by atoms with van der Waals surface area (Å²) in [7, 11) is 2.22. The Bertz CT molecular complexity index is 435. The van der Waals surface area contributed by atoms with Gasteiger partial charge in [0, 0.05) is 13.1 Å². The van der Waals surface area contributed by atoms with E-state index in [9.17, 15) is 0 Å². The summed E-state index contributed by atoms with van der Waals surface area (Å²) >= 11 is 0. The van der Waals surface area contributed by atoms with Crippen molar-refractivity contribution in [1.82, 2.24) is 0 Å². The molecule has 1 aliphatic carbocycles. The third kappa shape index (κ3) is 1.79. The smallest absolute Gasteiger partial charge is 0.0988 e. The SMILES string of the molecule is Cc1ccc2c(c1)N(C1CCCCC1)C(C)N2C. The van der Waals surface area contributed by atoms with Gasteiger partial charge in [-0.05, 0) is 44.4 Å². The van der Waals surface area contributed by atoms with E-state index in [2.05, 4.69) is 48.9 Å². The fraction of sp³-hybridized carbons (Fsp3) is 0.625. The summed E-state index contributed by atoms with van der Waals surface area (Å²) in [5, 5.41) is 0. The highest BCUT2D eigenvalue weighted by Gasteiger charge is 2.35. The van der Waals surface area contributed by atoms with E-state index in [1.165, 1.54) is 49.0 Å². The molecular weight excluding hydrogens is 220 g/mol. The first-order chi connectivity index (χ1) is 8.68. The molecule has 1 atom stereocenters. The maximum Gasteiger partial charge on any atom is 0.0988 e. The number of fused-ring (bicyclic) bond motifs is 1. The van der Waals surface area contributed by atoms with Crippen LogP contribution >= 0.6 is 0 Å². The molecular formula is C16H24N2. The highest BCUT2D eigenvalue weighted by atomic mass is 15.4. The number of aryl methyl sites for hydroxylation is 1. The molecule has 1 fully saturated rings. The van der Waals surface area contributed by atoms with Crippen molar-refractivity contribution in [3.63, 3.8) is 0 Å². The van der Waals surface area contributed by atoms with Gasteiger partial charge in [-0.2, -0.15) is 0 Å². The number of rotatable bonds is 1. The van der Waals surface area contributed by atoms with Crippen molar-refractivity contribution >= 4 is 11.4 Å². The Hall–Kier alpha value is -1.18. The van der Waals surface area contributed by atoms with E-state index in [1.54, 1.807) is 0 Å². The molecule has 1 heterocycles. The molecule has 18 heavy (non-hydrogen) atoms. The predicted molar refractivity (Wildman–Crippen MR) is 78.4 cm³/mol. The quantitative estimate of drug-likeness (QED) is 0.738. The number of hydrogen-bond donors (Lipinski definition) is 0. The second-order valence-electron chi connectivity index (χ2n) is 5.93. The van der Waals surface area contributed by atoms with Gasteiger partial charge < -0.3 is 9.80 Å². The van der Waals surface area contributed by atoms with Gasteiger partial charge in [-0.15, -0.1) is 0 Å². The highest BCUT2D eigenvalue weighted by molar-refractivity contribution is 5.78. The minimum Gasteiger partial charge on any atom is -0.353 e. The topological polar surface area (TPSA) is 6.48 Å². The van der Waals surface area contributed by atoms with Crippen molar-refractivity contribution in [3.8, 4) is 0 Å². The molecule has 2 nitrogen and oxygen atoms in total. The number of benzene rings is 1. The van der Waals surface area contributed by atoms with Crippen LogP contribution in [0.25, 0.3) is 0 Å². The van der Waals surface area contributed by atoms with Crippen LogP contribution < -0.4 is 9.80 Å². The maximum atomic E-state index is 2.67. The first-order valence-corrected chi connectivity index (χ1v) is 7.30. The molecule has 0 radical (unpaired) electrons. The fourth-order valence-electron chi connectivity index (χ4n) is 3.59. The Labute approximate surface area is 111 Å². The molecule has 0 amide bonds. The van der Waals surface area contributed by atoms with Gasteiger partial charge in [0.25, 0.3) is 0 Å². The van der Waals surface area contributed by atoms with Crippen molar-refractivity contribution in [2.24, 2.45) is 0 Å². The molecule has 0 saturated heterocycles. The largest absolute Gasteiger partial charge is 0.353 e. The van der Waals surface area contributed by atoms with Crippen LogP contribution in [0, 0.1) is 6.92 Å². The highest BCUT2D eigenvalue weighted by Crippen LogP contribution is 2.42. The molecule has 1 aromatic carbocycles. The van der Waals surface area contributed by atoms with E-state index in [4.69, 9.17) is 0 Å². The van der Waals surface area contributed by atoms with E-state index >= 15 is 0 Å². The van der Waals surface area contributed by atoms with Crippen molar-refractivity contribution in [2.75, 3.05) is 16.8 Å². The Kier molecular flexibility index (Phi) is 2.96. The minimum absolute atomic E-state index is 0.505.